The highest BCUT2D eigenvalue weighted by atomic mass is 32.2. The monoisotopic (exact) mass is 306 g/mol. The summed E-state index contributed by atoms with van der Waals surface area (Å²) in [7, 11) is -3.50. The molecule has 2 N–H and O–H groups in total. The van der Waals surface area contributed by atoms with Gasteiger partial charge >= 0.3 is 5.97 Å². The number of sulfonamides is 1. The SMILES string of the molecule is CC[C@H](C)[C@H](NS(C)(=O)=O)C(=O)N1CC[C@H](C(=O)O)C1. The number of nitrogens with zero attached hydrogens (tertiary/aromatic N) is 1. The first kappa shape index (κ1) is 16.9. The van der Waals surface area contributed by atoms with Gasteiger partial charge in [-0.25, -0.2) is 13.1 Å². The minimum atomic E-state index is -3.50. The number of hydrogen-bond acceptors (Lipinski definition) is 4. The molecule has 1 aliphatic rings. The third kappa shape index (κ3) is 4.45. The number of carbonyl (C=O) groups is 2. The van der Waals surface area contributed by atoms with Crippen LogP contribution in [0.25, 0.3) is 0 Å². The molecule has 7 nitrogen and oxygen atoms in total. The third-order valence-corrected chi connectivity index (χ3v) is 4.35. The summed E-state index contributed by atoms with van der Waals surface area (Å²) in [4.78, 5) is 24.7. The summed E-state index contributed by atoms with van der Waals surface area (Å²) in [6, 6.07) is -0.831. The Morgan fingerprint density at radius 3 is 2.45 bits per heavy atom. The summed E-state index contributed by atoms with van der Waals surface area (Å²) in [6.07, 6.45) is 2.07. The van der Waals surface area contributed by atoms with E-state index in [-0.39, 0.29) is 18.4 Å². The topological polar surface area (TPSA) is 104 Å². The summed E-state index contributed by atoms with van der Waals surface area (Å²) >= 11 is 0. The third-order valence-electron chi connectivity index (χ3n) is 3.67. The lowest BCUT2D eigenvalue weighted by atomic mass is 9.99. The van der Waals surface area contributed by atoms with Crippen molar-refractivity contribution < 1.29 is 23.1 Å². The van der Waals surface area contributed by atoms with Gasteiger partial charge in [-0.15, -0.1) is 0 Å². The number of carboxylic acid groups (broad SMARTS) is 1. The van der Waals surface area contributed by atoms with E-state index in [1.165, 1.54) is 4.90 Å². The van der Waals surface area contributed by atoms with Gasteiger partial charge in [-0.2, -0.15) is 0 Å². The summed E-state index contributed by atoms with van der Waals surface area (Å²) < 4.78 is 25.1. The van der Waals surface area contributed by atoms with E-state index in [9.17, 15) is 18.0 Å². The molecule has 0 aromatic rings. The number of nitrogens with one attached hydrogen (secondary N) is 1. The van der Waals surface area contributed by atoms with Crippen LogP contribution in [0.5, 0.6) is 0 Å². The first-order valence-corrected chi connectivity index (χ1v) is 8.53. The zero-order valence-electron chi connectivity index (χ0n) is 12.0. The largest absolute Gasteiger partial charge is 0.481 e. The van der Waals surface area contributed by atoms with E-state index in [1.807, 2.05) is 6.92 Å². The van der Waals surface area contributed by atoms with Gasteiger partial charge in [-0.3, -0.25) is 9.59 Å². The molecule has 0 unspecified atom stereocenters. The van der Waals surface area contributed by atoms with Crippen molar-refractivity contribution in [3.05, 3.63) is 0 Å². The quantitative estimate of drug-likeness (QED) is 0.712. The van der Waals surface area contributed by atoms with E-state index < -0.39 is 28.0 Å². The van der Waals surface area contributed by atoms with Gasteiger partial charge in [0.15, 0.2) is 0 Å². The Morgan fingerprint density at radius 2 is 2.05 bits per heavy atom. The normalized spacial score (nSPS) is 22.6. The Labute approximate surface area is 119 Å². The first-order chi connectivity index (χ1) is 9.15. The van der Waals surface area contributed by atoms with Gasteiger partial charge < -0.3 is 10.0 Å². The molecule has 0 saturated carbocycles. The van der Waals surface area contributed by atoms with E-state index in [1.54, 1.807) is 6.92 Å². The lowest BCUT2D eigenvalue weighted by Gasteiger charge is -2.27. The molecule has 0 spiro atoms. The molecule has 0 bridgehead atoms. The van der Waals surface area contributed by atoms with Gasteiger partial charge in [0.25, 0.3) is 0 Å². The highest BCUT2D eigenvalue weighted by molar-refractivity contribution is 7.88. The van der Waals surface area contributed by atoms with Crippen molar-refractivity contribution in [1.29, 1.82) is 0 Å². The van der Waals surface area contributed by atoms with Crippen molar-refractivity contribution >= 4 is 21.9 Å². The van der Waals surface area contributed by atoms with Gasteiger partial charge in [-0.1, -0.05) is 20.3 Å². The molecule has 0 aliphatic carbocycles. The zero-order chi connectivity index (χ0) is 15.5. The second-order valence-electron chi connectivity index (χ2n) is 5.36. The predicted octanol–water partition coefficient (Wildman–Crippen LogP) is -0.117. The van der Waals surface area contributed by atoms with E-state index in [2.05, 4.69) is 4.72 Å². The molecular formula is C12H22N2O5S. The van der Waals surface area contributed by atoms with Gasteiger partial charge in [0.05, 0.1) is 12.2 Å². The fourth-order valence-corrected chi connectivity index (χ4v) is 3.03. The minimum Gasteiger partial charge on any atom is -0.481 e. The molecule has 1 aliphatic heterocycles. The van der Waals surface area contributed by atoms with Gasteiger partial charge in [0.1, 0.15) is 6.04 Å². The number of carbonyl (C=O) groups excluding carboxylic acids is 1. The van der Waals surface area contributed by atoms with Crippen LogP contribution < -0.4 is 4.72 Å². The fraction of sp³-hybridized carbons (Fsp3) is 0.833. The van der Waals surface area contributed by atoms with E-state index in [0.29, 0.717) is 19.4 Å². The first-order valence-electron chi connectivity index (χ1n) is 6.64. The Kier molecular flexibility index (Phi) is 5.52. The number of amides is 1. The number of aliphatic carboxylic acids is 1. The van der Waals surface area contributed by atoms with Crippen molar-refractivity contribution in [3.63, 3.8) is 0 Å². The van der Waals surface area contributed by atoms with Crippen LogP contribution in [0.15, 0.2) is 0 Å². The van der Waals surface area contributed by atoms with Crippen molar-refractivity contribution in [2.24, 2.45) is 11.8 Å². The molecule has 3 atom stereocenters. The molecule has 0 aromatic heterocycles. The maximum absolute atomic E-state index is 12.4. The summed E-state index contributed by atoms with van der Waals surface area (Å²) in [5, 5.41) is 8.94. The highest BCUT2D eigenvalue weighted by Crippen LogP contribution is 2.20. The van der Waals surface area contributed by atoms with E-state index >= 15 is 0 Å². The summed E-state index contributed by atoms with van der Waals surface area (Å²) in [5.74, 6) is -1.97. The second-order valence-corrected chi connectivity index (χ2v) is 7.14. The lowest BCUT2D eigenvalue weighted by Crippen LogP contribution is -2.50. The number of likely N-dealkylation sites (tertiary alicyclic amines) is 1. The molecule has 1 heterocycles. The Morgan fingerprint density at radius 1 is 1.45 bits per heavy atom. The van der Waals surface area contributed by atoms with E-state index in [4.69, 9.17) is 5.11 Å². The van der Waals surface area contributed by atoms with Crippen molar-refractivity contribution in [2.45, 2.75) is 32.7 Å². The standard InChI is InChI=1S/C12H22N2O5S/c1-4-8(2)10(13-20(3,18)19)11(15)14-6-5-9(7-14)12(16)17/h8-10,13H,4-7H2,1-3H3,(H,16,17)/t8-,9-,10-/m0/s1. The van der Waals surface area contributed by atoms with Crippen LogP contribution in [0.4, 0.5) is 0 Å². The van der Waals surface area contributed by atoms with Crippen LogP contribution in [-0.4, -0.2) is 55.7 Å². The van der Waals surface area contributed by atoms with Crippen molar-refractivity contribution in [3.8, 4) is 0 Å². The van der Waals surface area contributed by atoms with Crippen molar-refractivity contribution in [2.75, 3.05) is 19.3 Å². The van der Waals surface area contributed by atoms with Crippen LogP contribution in [-0.2, 0) is 19.6 Å². The Hall–Kier alpha value is -1.15. The summed E-state index contributed by atoms with van der Waals surface area (Å²) in [6.45, 7) is 4.17. The van der Waals surface area contributed by atoms with Gasteiger partial charge in [0.2, 0.25) is 15.9 Å². The molecule has 0 aromatic carbocycles. The van der Waals surface area contributed by atoms with Crippen LogP contribution in [0.2, 0.25) is 0 Å². The zero-order valence-corrected chi connectivity index (χ0v) is 12.8. The maximum Gasteiger partial charge on any atom is 0.308 e. The average molecular weight is 306 g/mol. The molecule has 1 amide bonds. The molecule has 0 radical (unpaired) electrons. The fourth-order valence-electron chi connectivity index (χ4n) is 2.24. The molecule has 1 saturated heterocycles. The van der Waals surface area contributed by atoms with Gasteiger partial charge in [-0.05, 0) is 12.3 Å². The highest BCUT2D eigenvalue weighted by Gasteiger charge is 2.36. The Balaban J connectivity index is 2.81. The smallest absolute Gasteiger partial charge is 0.308 e. The van der Waals surface area contributed by atoms with Crippen LogP contribution >= 0.6 is 0 Å². The number of carboxylic acids is 1. The number of rotatable bonds is 6. The Bertz CT molecular complexity index is 476. The molecule has 20 heavy (non-hydrogen) atoms. The van der Waals surface area contributed by atoms with Crippen LogP contribution in [0, 0.1) is 11.8 Å². The lowest BCUT2D eigenvalue weighted by molar-refractivity contribution is -0.141. The van der Waals surface area contributed by atoms with Crippen molar-refractivity contribution in [1.82, 2.24) is 9.62 Å². The molecule has 1 fully saturated rings. The molecule has 8 heteroatoms. The van der Waals surface area contributed by atoms with Crippen LogP contribution in [0.3, 0.4) is 0 Å². The average Bonchev–Trinajstić information content (AvgIpc) is 2.82. The summed E-state index contributed by atoms with van der Waals surface area (Å²) in [5.41, 5.74) is 0. The maximum atomic E-state index is 12.4. The molecule has 116 valence electrons. The molecular weight excluding hydrogens is 284 g/mol. The molecule has 1 rings (SSSR count). The van der Waals surface area contributed by atoms with Crippen LogP contribution in [0.1, 0.15) is 26.7 Å². The van der Waals surface area contributed by atoms with Gasteiger partial charge in [0, 0.05) is 13.1 Å². The number of hydrogen-bond donors (Lipinski definition) is 2. The second kappa shape index (κ2) is 6.53. The minimum absolute atomic E-state index is 0.145. The predicted molar refractivity (Wildman–Crippen MR) is 73.5 cm³/mol. The van der Waals surface area contributed by atoms with E-state index in [0.717, 1.165) is 6.26 Å².